The van der Waals surface area contributed by atoms with E-state index in [-0.39, 0.29) is 0 Å². The Labute approximate surface area is 95.2 Å². The van der Waals surface area contributed by atoms with Crippen LogP contribution < -0.4 is 0 Å². The summed E-state index contributed by atoms with van der Waals surface area (Å²) in [5, 5.41) is 8.84. The van der Waals surface area contributed by atoms with Crippen LogP contribution in [0.4, 0.5) is 0 Å². The van der Waals surface area contributed by atoms with Gasteiger partial charge in [-0.25, -0.2) is 0 Å². The van der Waals surface area contributed by atoms with Crippen LogP contribution in [0, 0.1) is 35.5 Å². The van der Waals surface area contributed by atoms with Crippen LogP contribution in [-0.2, 0) is 15.1 Å². The fourth-order valence-electron chi connectivity index (χ4n) is 5.11. The fourth-order valence-corrected chi connectivity index (χ4v) is 5.11. The molecule has 6 unspecified atom stereocenters. The molecule has 1 aliphatic heterocycles. The van der Waals surface area contributed by atoms with Crippen molar-refractivity contribution in [2.45, 2.75) is 12.1 Å². The van der Waals surface area contributed by atoms with Crippen molar-refractivity contribution < 1.29 is 15.1 Å². The molecule has 0 radical (unpaired) electrons. The van der Waals surface area contributed by atoms with Crippen LogP contribution >= 0.6 is 10.1 Å². The normalized spacial score (nSPS) is 66.8. The predicted molar refractivity (Wildman–Crippen MR) is 48.4 cm³/mol. The van der Waals surface area contributed by atoms with Crippen molar-refractivity contribution in [1.82, 2.24) is 0 Å². The van der Waals surface area contributed by atoms with Crippen LogP contribution in [0.5, 0.6) is 0 Å². The number of azo groups is 1. The van der Waals surface area contributed by atoms with Gasteiger partial charge in [0.15, 0.2) is 0 Å². The van der Waals surface area contributed by atoms with E-state index in [2.05, 4.69) is 47.6 Å². The maximum absolute atomic E-state index is 4.42. The molecule has 4 heteroatoms. The van der Waals surface area contributed by atoms with Crippen LogP contribution in [-0.4, -0.2) is 12.1 Å². The van der Waals surface area contributed by atoms with E-state index in [9.17, 15) is 0 Å². The van der Waals surface area contributed by atoms with E-state index >= 15 is 0 Å². The van der Waals surface area contributed by atoms with Gasteiger partial charge in [0.1, 0.15) is 0 Å². The van der Waals surface area contributed by atoms with Gasteiger partial charge in [0.05, 0.1) is 12.1 Å². The first-order chi connectivity index (χ1) is 6.97. The molecule has 6 atom stereocenters. The first kappa shape index (κ1) is 8.32. The minimum atomic E-state index is 0.663. The number of nitrogens with zero attached hydrogens (tertiary/aromatic N) is 2. The van der Waals surface area contributed by atoms with Gasteiger partial charge in [-0.05, 0) is 29.6 Å². The second kappa shape index (κ2) is 2.45. The van der Waals surface area contributed by atoms with Gasteiger partial charge in [-0.1, -0.05) is 12.2 Å². The molecule has 2 nitrogen and oxygen atoms in total. The Balaban J connectivity index is 0.000000275. The van der Waals surface area contributed by atoms with Gasteiger partial charge in [0, 0.05) is 5.92 Å². The molecule has 0 spiro atoms. The SMILES string of the molecule is C1=CC2C3C1C1C4N=NC(C21)C43.[Cl][Cu]. The number of hydrogen-bond donors (Lipinski definition) is 0. The third kappa shape index (κ3) is 0.601. The van der Waals surface area contributed by atoms with E-state index in [1.165, 1.54) is 0 Å². The summed E-state index contributed by atoms with van der Waals surface area (Å²) in [5.74, 6) is 5.56. The molecular formula is C10H10ClCuN2. The van der Waals surface area contributed by atoms with E-state index in [1.54, 1.807) is 0 Å². The van der Waals surface area contributed by atoms with Gasteiger partial charge in [0.25, 0.3) is 0 Å². The molecule has 14 heavy (non-hydrogen) atoms. The number of rotatable bonds is 0. The molecule has 0 saturated heterocycles. The molecule has 78 valence electrons. The molecule has 4 saturated carbocycles. The van der Waals surface area contributed by atoms with Gasteiger partial charge >= 0.3 is 25.2 Å². The molecule has 0 aromatic heterocycles. The molecule has 6 rings (SSSR count). The Bertz CT molecular complexity index is 294. The van der Waals surface area contributed by atoms with Crippen LogP contribution in [0.2, 0.25) is 0 Å². The van der Waals surface area contributed by atoms with Crippen LogP contribution in [0.15, 0.2) is 22.4 Å². The van der Waals surface area contributed by atoms with Crippen molar-refractivity contribution in [3.8, 4) is 0 Å². The first-order valence-corrected chi connectivity index (χ1v) is 6.46. The first-order valence-electron chi connectivity index (χ1n) is 5.16. The monoisotopic (exact) mass is 256 g/mol. The molecule has 8 bridgehead atoms. The number of hydrogen-bond acceptors (Lipinski definition) is 2. The van der Waals surface area contributed by atoms with Crippen molar-refractivity contribution in [1.29, 1.82) is 0 Å². The zero-order valence-electron chi connectivity index (χ0n) is 7.35. The van der Waals surface area contributed by atoms with Gasteiger partial charge in [-0.15, -0.1) is 0 Å². The van der Waals surface area contributed by atoms with Crippen LogP contribution in [0.25, 0.3) is 0 Å². The summed E-state index contributed by atoms with van der Waals surface area (Å²) in [6.07, 6.45) is 4.95. The summed E-state index contributed by atoms with van der Waals surface area (Å²) in [6.45, 7) is 0. The van der Waals surface area contributed by atoms with Gasteiger partial charge in [-0.3, -0.25) is 0 Å². The molecule has 4 fully saturated rings. The van der Waals surface area contributed by atoms with E-state index in [4.69, 9.17) is 0 Å². The molecule has 0 aromatic carbocycles. The Hall–Kier alpha value is 0.149. The molecule has 0 N–H and O–H groups in total. The average Bonchev–Trinajstić information content (AvgIpc) is 3.01. The molecule has 0 aromatic rings. The van der Waals surface area contributed by atoms with Crippen LogP contribution in [0.1, 0.15) is 0 Å². The van der Waals surface area contributed by atoms with E-state index in [1.807, 2.05) is 0 Å². The predicted octanol–water partition coefficient (Wildman–Crippen LogP) is 2.18. The zero-order chi connectivity index (χ0) is 9.45. The van der Waals surface area contributed by atoms with Gasteiger partial charge < -0.3 is 0 Å². The van der Waals surface area contributed by atoms with E-state index in [0.717, 1.165) is 35.5 Å². The second-order valence-corrected chi connectivity index (χ2v) is 5.06. The Morgan fingerprint density at radius 2 is 1.29 bits per heavy atom. The Kier molecular flexibility index (Phi) is 1.46. The van der Waals surface area contributed by atoms with Gasteiger partial charge in [0.2, 0.25) is 0 Å². The topological polar surface area (TPSA) is 24.7 Å². The quantitative estimate of drug-likeness (QED) is 0.469. The molecular weight excluding hydrogens is 247 g/mol. The van der Waals surface area contributed by atoms with Crippen molar-refractivity contribution in [2.24, 2.45) is 45.7 Å². The zero-order valence-corrected chi connectivity index (χ0v) is 9.04. The van der Waals surface area contributed by atoms with Crippen molar-refractivity contribution in [3.63, 3.8) is 0 Å². The fraction of sp³-hybridized carbons (Fsp3) is 0.800. The number of allylic oxidation sites excluding steroid dienone is 2. The maximum atomic E-state index is 4.42. The van der Waals surface area contributed by atoms with Crippen molar-refractivity contribution in [3.05, 3.63) is 12.2 Å². The summed E-state index contributed by atoms with van der Waals surface area (Å²) in [7, 11) is 4.20. The van der Waals surface area contributed by atoms with Crippen molar-refractivity contribution >= 4 is 10.1 Å². The van der Waals surface area contributed by atoms with E-state index < -0.39 is 0 Å². The molecule has 0 amide bonds. The Morgan fingerprint density at radius 3 is 1.79 bits per heavy atom. The number of halogens is 1. The molecule has 6 aliphatic rings. The van der Waals surface area contributed by atoms with Gasteiger partial charge in [-0.2, -0.15) is 10.2 Å². The third-order valence-electron chi connectivity index (χ3n) is 5.13. The Morgan fingerprint density at radius 1 is 0.786 bits per heavy atom. The second-order valence-electron chi connectivity index (χ2n) is 5.06. The molecule has 5 aliphatic carbocycles. The summed E-state index contributed by atoms with van der Waals surface area (Å²) in [4.78, 5) is 0. The van der Waals surface area contributed by atoms with Crippen molar-refractivity contribution in [2.75, 3.05) is 0 Å². The standard InChI is InChI=1S/C10H10N2.ClH.Cu/c1-2-4-5-3(1)6-7(4)10-8(5)9(6)11-12-10;;/h1-10H;1H;/q;;+1/p-1. The summed E-state index contributed by atoms with van der Waals surface area (Å²) < 4.78 is 0. The minimum absolute atomic E-state index is 0.663. The van der Waals surface area contributed by atoms with E-state index in [0.29, 0.717) is 12.1 Å². The average molecular weight is 257 g/mol. The molecule has 1 heterocycles. The summed E-state index contributed by atoms with van der Waals surface area (Å²) in [5.41, 5.74) is 0. The van der Waals surface area contributed by atoms with Crippen LogP contribution in [0.3, 0.4) is 0 Å². The third-order valence-corrected chi connectivity index (χ3v) is 5.13. The summed E-state index contributed by atoms with van der Waals surface area (Å²) in [6, 6.07) is 1.33. The summed E-state index contributed by atoms with van der Waals surface area (Å²) >= 11 is 3.66.